The van der Waals surface area contributed by atoms with Gasteiger partial charge in [0.2, 0.25) is 10.0 Å². The van der Waals surface area contributed by atoms with Crippen molar-refractivity contribution in [3.8, 4) is 0 Å². The van der Waals surface area contributed by atoms with Crippen molar-refractivity contribution in [3.05, 3.63) is 0 Å². The molecule has 0 aromatic rings. The van der Waals surface area contributed by atoms with Gasteiger partial charge in [0.25, 0.3) is 0 Å². The molecule has 1 fully saturated rings. The molecule has 112 valence electrons. The van der Waals surface area contributed by atoms with Gasteiger partial charge in [0.1, 0.15) is 0 Å². The first-order valence-electron chi connectivity index (χ1n) is 5.34. The van der Waals surface area contributed by atoms with Crippen LogP contribution in [0.4, 0.5) is 13.2 Å². The number of carboxylic acid groups (broad SMARTS) is 1. The molecule has 10 heteroatoms. The number of carboxylic acids is 1. The molecule has 1 aliphatic rings. The van der Waals surface area contributed by atoms with E-state index < -0.39 is 52.8 Å². The number of rotatable bonds is 5. The van der Waals surface area contributed by atoms with Crippen LogP contribution >= 0.6 is 0 Å². The fraction of sp³-hybridized carbons (Fsp3) is 0.889. The maximum Gasteiger partial charge on any atom is 0.406 e. The first-order chi connectivity index (χ1) is 8.57. The van der Waals surface area contributed by atoms with Crippen LogP contribution in [0.3, 0.4) is 0 Å². The SMILES string of the molecule is COCCS(=O)(=O)N1CCC(C(=O)O)(C(F)(F)F)C1. The van der Waals surface area contributed by atoms with Gasteiger partial charge in [0.05, 0.1) is 12.4 Å². The van der Waals surface area contributed by atoms with Crippen LogP contribution in [0, 0.1) is 5.41 Å². The molecular weight excluding hydrogens is 291 g/mol. The van der Waals surface area contributed by atoms with Crippen molar-refractivity contribution in [2.24, 2.45) is 5.41 Å². The molecule has 0 saturated carbocycles. The van der Waals surface area contributed by atoms with Gasteiger partial charge in [-0.1, -0.05) is 0 Å². The zero-order valence-corrected chi connectivity index (χ0v) is 10.9. The first kappa shape index (κ1) is 16.2. The molecule has 0 aromatic heterocycles. The van der Waals surface area contributed by atoms with Gasteiger partial charge in [-0.25, -0.2) is 12.7 Å². The van der Waals surface area contributed by atoms with E-state index in [4.69, 9.17) is 5.11 Å². The summed E-state index contributed by atoms with van der Waals surface area (Å²) in [5.74, 6) is -2.53. The lowest BCUT2D eigenvalue weighted by Crippen LogP contribution is -2.48. The minimum Gasteiger partial charge on any atom is -0.481 e. The second kappa shape index (κ2) is 5.25. The van der Waals surface area contributed by atoms with Gasteiger partial charge in [-0.15, -0.1) is 0 Å². The largest absolute Gasteiger partial charge is 0.481 e. The highest BCUT2D eigenvalue weighted by atomic mass is 32.2. The first-order valence-corrected chi connectivity index (χ1v) is 6.94. The Hall–Kier alpha value is -0.870. The Morgan fingerprint density at radius 2 is 2.05 bits per heavy atom. The Labute approximate surface area is 108 Å². The van der Waals surface area contributed by atoms with E-state index >= 15 is 0 Å². The molecule has 1 unspecified atom stereocenters. The monoisotopic (exact) mass is 305 g/mol. The van der Waals surface area contributed by atoms with Crippen LogP contribution in [-0.2, 0) is 19.6 Å². The van der Waals surface area contributed by atoms with Gasteiger partial charge in [0, 0.05) is 20.2 Å². The number of hydrogen-bond donors (Lipinski definition) is 1. The van der Waals surface area contributed by atoms with Crippen LogP contribution in [0.5, 0.6) is 0 Å². The lowest BCUT2D eigenvalue weighted by atomic mass is 9.86. The summed E-state index contributed by atoms with van der Waals surface area (Å²) in [5.41, 5.74) is -3.02. The van der Waals surface area contributed by atoms with Crippen LogP contribution in [0.15, 0.2) is 0 Å². The third-order valence-electron chi connectivity index (χ3n) is 3.13. The summed E-state index contributed by atoms with van der Waals surface area (Å²) in [7, 11) is -2.68. The van der Waals surface area contributed by atoms with Crippen LogP contribution < -0.4 is 0 Å². The van der Waals surface area contributed by atoms with Crippen molar-refractivity contribution in [1.29, 1.82) is 0 Å². The number of methoxy groups -OCH3 is 1. The third kappa shape index (κ3) is 3.00. The molecule has 0 radical (unpaired) electrons. The van der Waals surface area contributed by atoms with E-state index in [1.165, 1.54) is 7.11 Å². The highest BCUT2D eigenvalue weighted by molar-refractivity contribution is 7.89. The molecule has 0 spiro atoms. The molecule has 6 nitrogen and oxygen atoms in total. The summed E-state index contributed by atoms with van der Waals surface area (Å²) in [4.78, 5) is 10.9. The summed E-state index contributed by atoms with van der Waals surface area (Å²) < 4.78 is 67.1. The van der Waals surface area contributed by atoms with Crippen LogP contribution in [0.1, 0.15) is 6.42 Å². The van der Waals surface area contributed by atoms with Crippen molar-refractivity contribution < 1.29 is 36.2 Å². The summed E-state index contributed by atoms with van der Waals surface area (Å²) in [6.45, 7) is -1.71. The van der Waals surface area contributed by atoms with Crippen molar-refractivity contribution in [2.45, 2.75) is 12.6 Å². The predicted molar refractivity (Wildman–Crippen MR) is 58.0 cm³/mol. The van der Waals surface area contributed by atoms with E-state index in [1.54, 1.807) is 0 Å². The van der Waals surface area contributed by atoms with Crippen LogP contribution in [0.2, 0.25) is 0 Å². The van der Waals surface area contributed by atoms with Gasteiger partial charge < -0.3 is 9.84 Å². The molecule has 0 bridgehead atoms. The van der Waals surface area contributed by atoms with Crippen LogP contribution in [0.25, 0.3) is 0 Å². The van der Waals surface area contributed by atoms with Gasteiger partial charge >= 0.3 is 12.1 Å². The predicted octanol–water partition coefficient (Wildman–Crippen LogP) is 0.302. The number of hydrogen-bond acceptors (Lipinski definition) is 4. The Balaban J connectivity index is 2.95. The van der Waals surface area contributed by atoms with Crippen molar-refractivity contribution >= 4 is 16.0 Å². The molecule has 1 heterocycles. The summed E-state index contributed by atoms with van der Waals surface area (Å²) in [5, 5.41) is 8.79. The maximum absolute atomic E-state index is 12.9. The average Bonchev–Trinajstić information content (AvgIpc) is 2.72. The van der Waals surface area contributed by atoms with E-state index in [2.05, 4.69) is 4.74 Å². The smallest absolute Gasteiger partial charge is 0.406 e. The fourth-order valence-corrected chi connectivity index (χ4v) is 3.28. The summed E-state index contributed by atoms with van der Waals surface area (Å²) in [6, 6.07) is 0. The topological polar surface area (TPSA) is 83.9 Å². The highest BCUT2D eigenvalue weighted by Gasteiger charge is 2.64. The standard InChI is InChI=1S/C9H14F3NO5S/c1-18-4-5-19(16,17)13-3-2-8(6-13,7(14)15)9(10,11)12/h2-6H2,1H3,(H,14,15). The molecule has 1 N–H and O–H groups in total. The zero-order valence-electron chi connectivity index (χ0n) is 10.1. The molecule has 1 aliphatic heterocycles. The molecule has 1 rings (SSSR count). The van der Waals surface area contributed by atoms with Crippen molar-refractivity contribution in [1.82, 2.24) is 4.31 Å². The zero-order chi connectivity index (χ0) is 14.9. The number of aliphatic carboxylic acids is 1. The molecule has 0 aromatic carbocycles. The van der Waals surface area contributed by atoms with E-state index in [0.29, 0.717) is 4.31 Å². The van der Waals surface area contributed by atoms with Gasteiger partial charge in [-0.2, -0.15) is 13.2 Å². The molecular formula is C9H14F3NO5S. The van der Waals surface area contributed by atoms with Crippen molar-refractivity contribution in [2.75, 3.05) is 32.6 Å². The lowest BCUT2D eigenvalue weighted by molar-refractivity contribution is -0.226. The van der Waals surface area contributed by atoms with Gasteiger partial charge in [-0.05, 0) is 6.42 Å². The minimum atomic E-state index is -5.00. The maximum atomic E-state index is 12.9. The third-order valence-corrected chi connectivity index (χ3v) is 4.91. The van der Waals surface area contributed by atoms with E-state index in [-0.39, 0.29) is 6.61 Å². The number of carbonyl (C=O) groups is 1. The molecule has 1 saturated heterocycles. The summed E-state index contributed by atoms with van der Waals surface area (Å²) in [6.07, 6.45) is -5.78. The molecule has 19 heavy (non-hydrogen) atoms. The molecule has 0 amide bonds. The van der Waals surface area contributed by atoms with Gasteiger partial charge in [-0.3, -0.25) is 4.79 Å². The average molecular weight is 305 g/mol. The number of halogens is 3. The van der Waals surface area contributed by atoms with E-state index in [1.807, 2.05) is 0 Å². The Morgan fingerprint density at radius 3 is 2.42 bits per heavy atom. The number of ether oxygens (including phenoxy) is 1. The second-order valence-corrected chi connectivity index (χ2v) is 6.37. The highest BCUT2D eigenvalue weighted by Crippen LogP contribution is 2.46. The number of nitrogens with zero attached hydrogens (tertiary/aromatic N) is 1. The minimum absolute atomic E-state index is 0.162. The summed E-state index contributed by atoms with van der Waals surface area (Å²) >= 11 is 0. The fourth-order valence-electron chi connectivity index (χ4n) is 1.86. The molecule has 0 aliphatic carbocycles. The Kier molecular flexibility index (Phi) is 4.47. The number of sulfonamides is 1. The second-order valence-electron chi connectivity index (χ2n) is 4.28. The van der Waals surface area contributed by atoms with Gasteiger partial charge in [0.15, 0.2) is 5.41 Å². The molecule has 1 atom stereocenters. The normalized spacial score (nSPS) is 25.7. The quantitative estimate of drug-likeness (QED) is 0.790. The van der Waals surface area contributed by atoms with E-state index in [9.17, 15) is 26.4 Å². The number of alkyl halides is 3. The van der Waals surface area contributed by atoms with Crippen molar-refractivity contribution in [3.63, 3.8) is 0 Å². The Morgan fingerprint density at radius 1 is 1.47 bits per heavy atom. The Bertz CT molecular complexity index is 449. The van der Waals surface area contributed by atoms with E-state index in [0.717, 1.165) is 0 Å². The van der Waals surface area contributed by atoms with Crippen LogP contribution in [-0.4, -0.2) is 62.5 Å². The lowest BCUT2D eigenvalue weighted by Gasteiger charge is -2.27.